The molecule has 0 amide bonds. The summed E-state index contributed by atoms with van der Waals surface area (Å²) in [5.41, 5.74) is 4.88. The zero-order valence-corrected chi connectivity index (χ0v) is 24.3. The normalized spacial score (nSPS) is 12.0. The second kappa shape index (κ2) is 13.3. The van der Waals surface area contributed by atoms with E-state index >= 15 is 0 Å². The van der Waals surface area contributed by atoms with Gasteiger partial charge in [-0.05, 0) is 81.6 Å². The Hall–Kier alpha value is -4.35. The maximum Gasteiger partial charge on any atom is 0.307 e. The Bertz CT molecular complexity index is 1540. The number of esters is 1. The summed E-state index contributed by atoms with van der Waals surface area (Å²) in [6.07, 6.45) is 4.24. The van der Waals surface area contributed by atoms with Gasteiger partial charge in [-0.25, -0.2) is 9.50 Å². The molecule has 2 aromatic heterocycles. The average molecular weight is 556 g/mol. The van der Waals surface area contributed by atoms with E-state index in [1.807, 2.05) is 55.6 Å². The second-order valence-electron chi connectivity index (χ2n) is 10.5. The molecule has 8 heteroatoms. The Balaban J connectivity index is 1.49. The lowest BCUT2D eigenvalue weighted by atomic mass is 9.96. The van der Waals surface area contributed by atoms with E-state index in [1.54, 1.807) is 32.2 Å². The first kappa shape index (κ1) is 29.6. The number of aromatic nitrogens is 3. The van der Waals surface area contributed by atoms with Crippen LogP contribution < -0.4 is 9.47 Å². The first-order valence-electron chi connectivity index (χ1n) is 13.8. The van der Waals surface area contributed by atoms with Crippen LogP contribution in [-0.2, 0) is 16.1 Å². The zero-order valence-electron chi connectivity index (χ0n) is 24.3. The Morgan fingerprint density at radius 1 is 1.10 bits per heavy atom. The van der Waals surface area contributed by atoms with E-state index in [4.69, 9.17) is 14.2 Å². The minimum absolute atomic E-state index is 0.208. The molecule has 2 heterocycles. The molecule has 0 radical (unpaired) electrons. The molecule has 2 aromatic carbocycles. The van der Waals surface area contributed by atoms with Crippen molar-refractivity contribution >= 4 is 11.6 Å². The highest BCUT2D eigenvalue weighted by Gasteiger charge is 2.16. The van der Waals surface area contributed by atoms with E-state index < -0.39 is 5.60 Å². The zero-order chi connectivity index (χ0) is 29.4. The number of pyridine rings is 1. The quantitative estimate of drug-likeness (QED) is 0.172. The van der Waals surface area contributed by atoms with Crippen LogP contribution in [-0.4, -0.2) is 44.5 Å². The number of nitrogens with zero attached hydrogens (tertiary/aromatic N) is 3. The van der Waals surface area contributed by atoms with Gasteiger partial charge in [-0.3, -0.25) is 4.79 Å². The number of fused-ring (bicyclic) bond motifs is 1. The van der Waals surface area contributed by atoms with Crippen LogP contribution in [0.4, 0.5) is 0 Å². The Kier molecular flexibility index (Phi) is 9.64. The average Bonchev–Trinajstić information content (AvgIpc) is 3.40. The summed E-state index contributed by atoms with van der Waals surface area (Å²) in [5, 5.41) is 14.3. The third kappa shape index (κ3) is 8.09. The fourth-order valence-corrected chi connectivity index (χ4v) is 4.49. The van der Waals surface area contributed by atoms with Crippen molar-refractivity contribution < 1.29 is 24.1 Å². The van der Waals surface area contributed by atoms with E-state index in [1.165, 1.54) is 6.33 Å². The van der Waals surface area contributed by atoms with Crippen LogP contribution >= 0.6 is 0 Å². The van der Waals surface area contributed by atoms with Gasteiger partial charge >= 0.3 is 5.97 Å². The molecule has 1 N–H and O–H groups in total. The SMILES string of the molecule is CC#C[C@@H](CC(=O)OCC)c1ccc(OCc2cc(-c3ccc(OCCC(C)(C)O)cc3C)cn3ncnc23)cc1. The van der Waals surface area contributed by atoms with E-state index in [0.717, 1.165) is 39.2 Å². The van der Waals surface area contributed by atoms with E-state index in [0.29, 0.717) is 32.0 Å². The molecule has 0 saturated heterocycles. The summed E-state index contributed by atoms with van der Waals surface area (Å²) >= 11 is 0. The predicted octanol–water partition coefficient (Wildman–Crippen LogP) is 5.88. The lowest BCUT2D eigenvalue weighted by Gasteiger charge is -2.17. The fourth-order valence-electron chi connectivity index (χ4n) is 4.49. The van der Waals surface area contributed by atoms with Crippen molar-refractivity contribution in [1.82, 2.24) is 14.6 Å². The molecule has 0 unspecified atom stereocenters. The molecule has 0 bridgehead atoms. The largest absolute Gasteiger partial charge is 0.493 e. The van der Waals surface area contributed by atoms with Gasteiger partial charge in [0.05, 0.1) is 31.2 Å². The van der Waals surface area contributed by atoms with Gasteiger partial charge in [0.25, 0.3) is 0 Å². The Morgan fingerprint density at radius 3 is 2.54 bits per heavy atom. The molecule has 0 fully saturated rings. The van der Waals surface area contributed by atoms with E-state index in [2.05, 4.69) is 28.0 Å². The van der Waals surface area contributed by atoms with E-state index in [-0.39, 0.29) is 18.3 Å². The summed E-state index contributed by atoms with van der Waals surface area (Å²) in [6.45, 7) is 10.2. The third-order valence-corrected chi connectivity index (χ3v) is 6.61. The summed E-state index contributed by atoms with van der Waals surface area (Å²) in [7, 11) is 0. The number of rotatable bonds is 12. The molecule has 0 aliphatic heterocycles. The summed E-state index contributed by atoms with van der Waals surface area (Å²) in [6, 6.07) is 15.7. The number of carbonyl (C=O) groups excluding carboxylic acids is 1. The molecule has 8 nitrogen and oxygen atoms in total. The molecule has 0 spiro atoms. The molecule has 4 rings (SSSR count). The first-order chi connectivity index (χ1) is 19.7. The van der Waals surface area contributed by atoms with Crippen LogP contribution in [0.5, 0.6) is 11.5 Å². The number of aliphatic hydroxyl groups is 1. The number of aryl methyl sites for hydroxylation is 1. The van der Waals surface area contributed by atoms with Crippen LogP contribution in [0.1, 0.15) is 63.1 Å². The van der Waals surface area contributed by atoms with Gasteiger partial charge in [0.2, 0.25) is 0 Å². The van der Waals surface area contributed by atoms with E-state index in [9.17, 15) is 9.90 Å². The summed E-state index contributed by atoms with van der Waals surface area (Å²) in [5.74, 6) is 6.97. The lowest BCUT2D eigenvalue weighted by molar-refractivity contribution is -0.143. The number of hydrogen-bond acceptors (Lipinski definition) is 7. The van der Waals surface area contributed by atoms with Crippen LogP contribution in [0.25, 0.3) is 16.8 Å². The van der Waals surface area contributed by atoms with Crippen LogP contribution in [0.2, 0.25) is 0 Å². The smallest absolute Gasteiger partial charge is 0.307 e. The van der Waals surface area contributed by atoms with Gasteiger partial charge in [-0.2, -0.15) is 5.10 Å². The molecule has 41 heavy (non-hydrogen) atoms. The number of carbonyl (C=O) groups is 1. The minimum Gasteiger partial charge on any atom is -0.493 e. The number of ether oxygens (including phenoxy) is 3. The summed E-state index contributed by atoms with van der Waals surface area (Å²) in [4.78, 5) is 16.4. The highest BCUT2D eigenvalue weighted by molar-refractivity contribution is 5.71. The van der Waals surface area contributed by atoms with Crippen LogP contribution in [0, 0.1) is 18.8 Å². The predicted molar refractivity (Wildman–Crippen MR) is 158 cm³/mol. The van der Waals surface area contributed by atoms with Gasteiger partial charge in [0.1, 0.15) is 24.4 Å². The molecule has 214 valence electrons. The molecule has 1 atom stereocenters. The van der Waals surface area contributed by atoms with Gasteiger partial charge < -0.3 is 19.3 Å². The van der Waals surface area contributed by atoms with Crippen LogP contribution in [0.3, 0.4) is 0 Å². The fraction of sp³-hybridized carbons (Fsp3) is 0.364. The van der Waals surface area contributed by atoms with Crippen molar-refractivity contribution in [2.24, 2.45) is 0 Å². The van der Waals surface area contributed by atoms with Gasteiger partial charge in [0.15, 0.2) is 5.65 Å². The number of benzene rings is 2. The van der Waals surface area contributed by atoms with Crippen molar-refractivity contribution in [3.05, 3.63) is 77.7 Å². The molecular formula is C33H37N3O5. The standard InChI is InChI=1S/C33H37N3O5/c1-6-8-25(19-31(37)39-7-2)24-9-11-28(12-10-24)41-21-27-18-26(20-36-32(27)34-22-35-36)30-14-13-29(17-23(30)3)40-16-15-33(4,5)38/h9-14,17-18,20,22,25,38H,7,15-16,19,21H2,1-5H3/t25-/m0/s1. The Morgan fingerprint density at radius 2 is 1.85 bits per heavy atom. The van der Waals surface area contributed by atoms with Crippen molar-refractivity contribution in [3.8, 4) is 34.5 Å². The maximum atomic E-state index is 12.0. The molecule has 4 aromatic rings. The summed E-state index contributed by atoms with van der Waals surface area (Å²) < 4.78 is 18.9. The minimum atomic E-state index is -0.765. The monoisotopic (exact) mass is 555 g/mol. The van der Waals surface area contributed by atoms with Crippen molar-refractivity contribution in [1.29, 1.82) is 0 Å². The first-order valence-corrected chi connectivity index (χ1v) is 13.8. The third-order valence-electron chi connectivity index (χ3n) is 6.61. The lowest BCUT2D eigenvalue weighted by Crippen LogP contribution is -2.21. The second-order valence-corrected chi connectivity index (χ2v) is 10.5. The maximum absolute atomic E-state index is 12.0. The Labute approximate surface area is 241 Å². The van der Waals surface area contributed by atoms with Crippen LogP contribution in [0.15, 0.2) is 61.1 Å². The number of hydrogen-bond donors (Lipinski definition) is 1. The molecular weight excluding hydrogens is 518 g/mol. The molecule has 0 aliphatic rings. The molecule has 0 aliphatic carbocycles. The van der Waals surface area contributed by atoms with Gasteiger partial charge in [-0.1, -0.05) is 24.1 Å². The highest BCUT2D eigenvalue weighted by Crippen LogP contribution is 2.30. The highest BCUT2D eigenvalue weighted by atomic mass is 16.5. The van der Waals surface area contributed by atoms with Gasteiger partial charge in [0, 0.05) is 23.7 Å². The topological polar surface area (TPSA) is 95.2 Å². The van der Waals surface area contributed by atoms with Crippen molar-refractivity contribution in [3.63, 3.8) is 0 Å². The van der Waals surface area contributed by atoms with Crippen molar-refractivity contribution in [2.45, 2.75) is 65.6 Å². The van der Waals surface area contributed by atoms with Gasteiger partial charge in [-0.15, -0.1) is 5.92 Å². The molecule has 0 saturated carbocycles. The van der Waals surface area contributed by atoms with Crippen molar-refractivity contribution in [2.75, 3.05) is 13.2 Å².